The maximum Gasteiger partial charge on any atom is 0.380 e. The topological polar surface area (TPSA) is 81.7 Å². The lowest BCUT2D eigenvalue weighted by atomic mass is 10.4. The highest BCUT2D eigenvalue weighted by Crippen LogP contribution is 2.57. The van der Waals surface area contributed by atoms with E-state index in [0.717, 1.165) is 0 Å². The molecule has 0 aromatic heterocycles. The van der Waals surface area contributed by atoms with Gasteiger partial charge in [0.15, 0.2) is 5.44 Å². The van der Waals surface area contributed by atoms with Crippen molar-refractivity contribution in [3.63, 3.8) is 0 Å². The largest absolute Gasteiger partial charge is 0.380 e. The first-order chi connectivity index (χ1) is 10.3. The highest BCUT2D eigenvalue weighted by molar-refractivity contribution is 7.90. The fourth-order valence-corrected chi connectivity index (χ4v) is 5.33. The Morgan fingerprint density at radius 1 is 1.14 bits per heavy atom. The van der Waals surface area contributed by atoms with Crippen LogP contribution in [0, 0.1) is 0 Å². The van der Waals surface area contributed by atoms with Gasteiger partial charge in [-0.2, -0.15) is 0 Å². The molecule has 0 heterocycles. The van der Waals surface area contributed by atoms with Crippen LogP contribution in [0.3, 0.4) is 0 Å². The van der Waals surface area contributed by atoms with Crippen LogP contribution < -0.4 is 4.72 Å². The van der Waals surface area contributed by atoms with E-state index in [1.165, 1.54) is 12.1 Å². The van der Waals surface area contributed by atoms with Crippen molar-refractivity contribution in [2.24, 2.45) is 0 Å². The molecular formula is C12H16Cl2NO5PS. The van der Waals surface area contributed by atoms with Crippen LogP contribution in [0.15, 0.2) is 45.2 Å². The smallest absolute Gasteiger partial charge is 0.304 e. The molecule has 1 N–H and O–H groups in total. The molecule has 0 aliphatic heterocycles. The molecule has 6 nitrogen and oxygen atoms in total. The second kappa shape index (κ2) is 8.34. The van der Waals surface area contributed by atoms with E-state index in [0.29, 0.717) is 0 Å². The number of halogens is 2. The molecule has 0 saturated heterocycles. The summed E-state index contributed by atoms with van der Waals surface area (Å²) in [6, 6.07) is 7.49. The van der Waals surface area contributed by atoms with Crippen molar-refractivity contribution in [3.8, 4) is 0 Å². The molecule has 1 rings (SSSR count). The predicted molar refractivity (Wildman–Crippen MR) is 86.4 cm³/mol. The van der Waals surface area contributed by atoms with Gasteiger partial charge in [0.1, 0.15) is 4.49 Å². The van der Waals surface area contributed by atoms with Gasteiger partial charge in [0, 0.05) is 0 Å². The van der Waals surface area contributed by atoms with Crippen molar-refractivity contribution in [1.29, 1.82) is 0 Å². The lowest BCUT2D eigenvalue weighted by Gasteiger charge is -2.21. The molecule has 22 heavy (non-hydrogen) atoms. The molecule has 0 radical (unpaired) electrons. The quantitative estimate of drug-likeness (QED) is 0.685. The Morgan fingerprint density at radius 3 is 2.05 bits per heavy atom. The van der Waals surface area contributed by atoms with Gasteiger partial charge in [-0.15, -0.1) is 0 Å². The van der Waals surface area contributed by atoms with Gasteiger partial charge in [-0.25, -0.2) is 8.42 Å². The second-order valence-corrected chi connectivity index (χ2v) is 8.45. The third-order valence-corrected chi connectivity index (χ3v) is 6.57. The van der Waals surface area contributed by atoms with E-state index in [1.54, 1.807) is 32.0 Å². The lowest BCUT2D eigenvalue weighted by Crippen LogP contribution is -2.24. The standard InChI is InChI=1S/C12H16Cl2NO5PS/c1-3-19-21(16,20-4-2)12(11(13)14)15-22(17,18)10-8-6-5-7-9-10/h5-9,15H,3-4H2,1-2H3. The van der Waals surface area contributed by atoms with E-state index in [-0.39, 0.29) is 18.1 Å². The van der Waals surface area contributed by atoms with Gasteiger partial charge in [0.05, 0.1) is 18.1 Å². The summed E-state index contributed by atoms with van der Waals surface area (Å²) < 4.78 is 48.9. The summed E-state index contributed by atoms with van der Waals surface area (Å²) >= 11 is 11.4. The Kier molecular flexibility index (Phi) is 7.38. The molecule has 0 unspecified atom stereocenters. The Balaban J connectivity index is 3.24. The Bertz CT molecular complexity index is 664. The average molecular weight is 388 g/mol. The number of nitrogens with one attached hydrogen (secondary N) is 1. The van der Waals surface area contributed by atoms with Crippen molar-refractivity contribution >= 4 is 40.8 Å². The van der Waals surface area contributed by atoms with Crippen molar-refractivity contribution in [2.45, 2.75) is 18.7 Å². The lowest BCUT2D eigenvalue weighted by molar-refractivity contribution is 0.225. The average Bonchev–Trinajstić information content (AvgIpc) is 2.46. The van der Waals surface area contributed by atoms with Crippen LogP contribution in [-0.4, -0.2) is 21.6 Å². The Morgan fingerprint density at radius 2 is 1.64 bits per heavy atom. The third kappa shape index (κ3) is 4.98. The van der Waals surface area contributed by atoms with Crippen molar-refractivity contribution in [1.82, 2.24) is 4.72 Å². The van der Waals surface area contributed by atoms with Crippen LogP contribution in [0.2, 0.25) is 0 Å². The minimum atomic E-state index is -4.03. The van der Waals surface area contributed by atoms with Crippen LogP contribution in [0.5, 0.6) is 0 Å². The van der Waals surface area contributed by atoms with Gasteiger partial charge >= 0.3 is 7.60 Å². The molecule has 0 aliphatic rings. The maximum absolute atomic E-state index is 12.7. The summed E-state index contributed by atoms with van der Waals surface area (Å²) in [4.78, 5) is -0.0402. The summed E-state index contributed by atoms with van der Waals surface area (Å²) in [5, 5.41) is 0. The zero-order valence-corrected chi connectivity index (χ0v) is 15.2. The Hall–Kier alpha value is -0.560. The summed E-state index contributed by atoms with van der Waals surface area (Å²) in [5.41, 5.74) is -0.511. The number of benzene rings is 1. The van der Waals surface area contributed by atoms with E-state index < -0.39 is 27.5 Å². The van der Waals surface area contributed by atoms with Gasteiger partial charge in [0.25, 0.3) is 10.0 Å². The number of hydrogen-bond acceptors (Lipinski definition) is 5. The third-order valence-electron chi connectivity index (χ3n) is 2.34. The van der Waals surface area contributed by atoms with E-state index in [9.17, 15) is 13.0 Å². The summed E-state index contributed by atoms with van der Waals surface area (Å²) in [6.45, 7) is 3.21. The molecule has 124 valence electrons. The predicted octanol–water partition coefficient (Wildman–Crippen LogP) is 3.84. The summed E-state index contributed by atoms with van der Waals surface area (Å²) in [7, 11) is -8.01. The van der Waals surface area contributed by atoms with Crippen LogP contribution in [-0.2, 0) is 23.6 Å². The molecule has 0 bridgehead atoms. The normalized spacial score (nSPS) is 12.0. The zero-order valence-electron chi connectivity index (χ0n) is 12.0. The Labute approximate surface area is 140 Å². The van der Waals surface area contributed by atoms with E-state index in [1.807, 2.05) is 0 Å². The highest BCUT2D eigenvalue weighted by Gasteiger charge is 2.35. The first-order valence-corrected chi connectivity index (χ1v) is 10.1. The molecule has 10 heteroatoms. The second-order valence-electron chi connectivity index (χ2n) is 3.86. The molecule has 0 fully saturated rings. The van der Waals surface area contributed by atoms with Gasteiger partial charge in [-0.1, -0.05) is 41.4 Å². The minimum absolute atomic E-state index is 0.0227. The molecule has 0 aliphatic carbocycles. The molecule has 1 aromatic rings. The van der Waals surface area contributed by atoms with Crippen LogP contribution >= 0.6 is 30.8 Å². The highest BCUT2D eigenvalue weighted by atomic mass is 35.5. The fraction of sp³-hybridized carbons (Fsp3) is 0.333. The fourth-order valence-electron chi connectivity index (χ4n) is 1.49. The van der Waals surface area contributed by atoms with Crippen LogP contribution in [0.25, 0.3) is 0 Å². The van der Waals surface area contributed by atoms with Crippen LogP contribution in [0.4, 0.5) is 0 Å². The number of sulfonamides is 1. The maximum atomic E-state index is 12.7. The van der Waals surface area contributed by atoms with Gasteiger partial charge in [-0.05, 0) is 26.0 Å². The van der Waals surface area contributed by atoms with Gasteiger partial charge in [-0.3, -0.25) is 9.29 Å². The SMILES string of the molecule is CCOP(=O)(OCC)C(NS(=O)(=O)c1ccccc1)=C(Cl)Cl. The molecular weight excluding hydrogens is 372 g/mol. The zero-order chi connectivity index (χ0) is 16.8. The number of hydrogen-bond donors (Lipinski definition) is 1. The summed E-state index contributed by atoms with van der Waals surface area (Å²) in [6.07, 6.45) is 0. The van der Waals surface area contributed by atoms with E-state index in [2.05, 4.69) is 4.72 Å². The molecule has 0 atom stereocenters. The first kappa shape index (κ1) is 19.5. The van der Waals surface area contributed by atoms with Crippen molar-refractivity contribution < 1.29 is 22.0 Å². The molecule has 1 aromatic carbocycles. The van der Waals surface area contributed by atoms with Crippen molar-refractivity contribution in [2.75, 3.05) is 13.2 Å². The monoisotopic (exact) mass is 387 g/mol. The van der Waals surface area contributed by atoms with E-state index in [4.69, 9.17) is 32.2 Å². The molecule has 0 spiro atoms. The first-order valence-electron chi connectivity index (χ1n) is 6.29. The van der Waals surface area contributed by atoms with Gasteiger partial charge in [0.2, 0.25) is 0 Å². The number of rotatable bonds is 8. The molecule has 0 saturated carbocycles. The van der Waals surface area contributed by atoms with E-state index >= 15 is 0 Å². The molecule has 0 amide bonds. The summed E-state index contributed by atoms with van der Waals surface area (Å²) in [5.74, 6) is 0. The minimum Gasteiger partial charge on any atom is -0.304 e. The van der Waals surface area contributed by atoms with Crippen molar-refractivity contribution in [3.05, 3.63) is 40.3 Å². The van der Waals surface area contributed by atoms with Crippen LogP contribution in [0.1, 0.15) is 13.8 Å². The van der Waals surface area contributed by atoms with Gasteiger partial charge < -0.3 is 9.05 Å².